The van der Waals surface area contributed by atoms with Crippen LogP contribution in [0.2, 0.25) is 0 Å². The molecule has 1 aromatic rings. The first-order chi connectivity index (χ1) is 23.8. The van der Waals surface area contributed by atoms with Crippen molar-refractivity contribution in [2.75, 3.05) is 0 Å². The first kappa shape index (κ1) is 44.7. The van der Waals surface area contributed by atoms with Gasteiger partial charge in [0.25, 0.3) is 0 Å². The fourth-order valence-corrected chi connectivity index (χ4v) is 8.33. The molecule has 0 spiro atoms. The molecule has 0 saturated heterocycles. The van der Waals surface area contributed by atoms with Crippen LogP contribution in [0, 0.1) is 42.4 Å². The molecule has 291 valence electrons. The Morgan fingerprint density at radius 2 is 1.35 bits per heavy atom. The summed E-state index contributed by atoms with van der Waals surface area (Å²) >= 11 is 0. The minimum absolute atomic E-state index is 0. The monoisotopic (exact) mass is 766 g/mol. The topological polar surface area (TPSA) is 146 Å². The summed E-state index contributed by atoms with van der Waals surface area (Å²) in [6.07, 6.45) is 7.46. The second-order valence-electron chi connectivity index (χ2n) is 15.5. The van der Waals surface area contributed by atoms with Crippen LogP contribution in [0.5, 0.6) is 0 Å². The predicted octanol–water partition coefficient (Wildman–Crippen LogP) is 8.90. The van der Waals surface area contributed by atoms with Crippen molar-refractivity contribution in [3.05, 3.63) is 63.5 Å². The standard InChI is InChI=1S/C36H52N2O6.C5H8O2.Co/c1-18-13-20(3)33(21(4)14-18)42-35(39)31-25(8)29(37-27(31)10)17-30-26(9)32(28(38-30)12-11-24(7)44-41)36(40)43-34-22(5)15-19(2)16-23(34)6;1-4(6)3-5(2)7;/h17-23,33-34H,7,11-16H2,1-6,8-10H3,(H2,37,38,39,40,41);3,6H,1-2H3;/p-1. The van der Waals surface area contributed by atoms with E-state index < -0.39 is 5.97 Å². The van der Waals surface area contributed by atoms with Gasteiger partial charge in [0.2, 0.25) is 0 Å². The van der Waals surface area contributed by atoms with E-state index in [9.17, 15) is 14.4 Å². The zero-order valence-electron chi connectivity index (χ0n) is 32.8. The maximum atomic E-state index is 13.7. The van der Waals surface area contributed by atoms with Gasteiger partial charge in [-0.15, -0.1) is 11.4 Å². The molecule has 4 atom stereocenters. The van der Waals surface area contributed by atoms with Gasteiger partial charge in [0.05, 0.1) is 22.7 Å². The quantitative estimate of drug-likeness (QED) is 0.0784. The van der Waals surface area contributed by atoms with Gasteiger partial charge in [0.1, 0.15) is 18.0 Å². The number of aromatic nitrogens is 1. The number of nitrogens with zero attached hydrogens (tertiary/aromatic N) is 2. The van der Waals surface area contributed by atoms with E-state index in [0.717, 1.165) is 31.3 Å². The number of rotatable bonds is 10. The minimum atomic E-state index is -0.392. The van der Waals surface area contributed by atoms with Crippen LogP contribution in [0.4, 0.5) is 0 Å². The molecule has 0 bridgehead atoms. The van der Waals surface area contributed by atoms with Crippen molar-refractivity contribution < 1.29 is 55.9 Å². The molecule has 1 aliphatic heterocycles. The van der Waals surface area contributed by atoms with E-state index in [0.29, 0.717) is 76.0 Å². The van der Waals surface area contributed by atoms with E-state index in [1.165, 1.54) is 19.9 Å². The van der Waals surface area contributed by atoms with Crippen LogP contribution in [0.1, 0.15) is 129 Å². The fourth-order valence-electron chi connectivity index (χ4n) is 8.33. The maximum absolute atomic E-state index is 13.7. The van der Waals surface area contributed by atoms with Crippen molar-refractivity contribution in [3.63, 3.8) is 0 Å². The van der Waals surface area contributed by atoms with E-state index in [1.807, 2.05) is 26.8 Å². The molecule has 1 aromatic heterocycles. The summed E-state index contributed by atoms with van der Waals surface area (Å²) < 4.78 is 12.3. The third-order valence-electron chi connectivity index (χ3n) is 10.4. The van der Waals surface area contributed by atoms with Crippen LogP contribution >= 0.6 is 0 Å². The summed E-state index contributed by atoms with van der Waals surface area (Å²) in [5, 5.41) is 17.4. The van der Waals surface area contributed by atoms with Gasteiger partial charge in [-0.2, -0.15) is 0 Å². The van der Waals surface area contributed by atoms with Gasteiger partial charge >= 0.3 is 11.9 Å². The Kier molecular flexibility index (Phi) is 16.9. The second-order valence-corrected chi connectivity index (χ2v) is 15.5. The number of aliphatic imine (C=N–C) groups is 1. The predicted molar refractivity (Wildman–Crippen MR) is 199 cm³/mol. The van der Waals surface area contributed by atoms with Gasteiger partial charge in [-0.3, -0.25) is 9.79 Å². The number of hydrogen-bond acceptors (Lipinski definition) is 9. The van der Waals surface area contributed by atoms with Gasteiger partial charge in [0.15, 0.2) is 5.78 Å². The molecule has 3 aliphatic rings. The van der Waals surface area contributed by atoms with Crippen molar-refractivity contribution in [2.45, 2.75) is 127 Å². The third-order valence-corrected chi connectivity index (χ3v) is 10.4. The number of carbonyl (C=O) groups is 3. The van der Waals surface area contributed by atoms with Gasteiger partial charge in [-0.1, -0.05) is 59.8 Å². The van der Waals surface area contributed by atoms with Crippen LogP contribution in [0.3, 0.4) is 0 Å². The average molecular weight is 767 g/mol. The molecule has 52 heavy (non-hydrogen) atoms. The summed E-state index contributed by atoms with van der Waals surface area (Å²) in [7, 11) is 0. The third kappa shape index (κ3) is 11.5. The molecular weight excluding hydrogens is 707 g/mol. The molecule has 0 aromatic carbocycles. The summed E-state index contributed by atoms with van der Waals surface area (Å²) in [4.78, 5) is 51.0. The molecule has 11 heteroatoms. The number of aliphatic hydroxyl groups excluding tert-OH is 1. The molecule has 10 nitrogen and oxygen atoms in total. The molecule has 1 radical (unpaired) electrons. The number of hydrogen-bond donors (Lipinski definition) is 2. The van der Waals surface area contributed by atoms with Crippen LogP contribution < -0.4 is 4.98 Å². The molecule has 4 rings (SSSR count). The van der Waals surface area contributed by atoms with E-state index in [1.54, 1.807) is 0 Å². The van der Waals surface area contributed by atoms with E-state index in [-0.39, 0.29) is 64.1 Å². The molecule has 2 fully saturated rings. The fraction of sp³-hybridized carbons (Fsp3) is 0.610. The number of esters is 2. The van der Waals surface area contributed by atoms with E-state index in [2.05, 4.69) is 53.0 Å². The Bertz CT molecular complexity index is 1570. The van der Waals surface area contributed by atoms with Gasteiger partial charge in [-0.25, -0.2) is 14.8 Å². The SMILES string of the molecule is C=C(CCc1[n-]c(C=C2N=C(C)C(C(=O)OC3C(C)CC(C)CC3C)=C2C)c(C)c1C(=O)OC1C(C)CC(C)CC1C)OO.CC(=O)C=C(C)O.[Co]. The van der Waals surface area contributed by atoms with Gasteiger partial charge in [-0.05, 0) is 108 Å². The van der Waals surface area contributed by atoms with Gasteiger partial charge < -0.3 is 24.5 Å². The van der Waals surface area contributed by atoms with E-state index >= 15 is 0 Å². The number of allylic oxidation sites excluding steroid dienone is 4. The molecule has 0 amide bonds. The Hall–Kier alpha value is -3.41. The summed E-state index contributed by atoms with van der Waals surface area (Å²) in [6.45, 7) is 25.2. The molecule has 2 saturated carbocycles. The molecule has 2 aliphatic carbocycles. The summed E-state index contributed by atoms with van der Waals surface area (Å²) in [6, 6.07) is 0. The number of carbonyl (C=O) groups excluding carboxylic acids is 3. The number of ketones is 1. The molecule has 2 heterocycles. The molecule has 4 unspecified atom stereocenters. The van der Waals surface area contributed by atoms with Crippen molar-refractivity contribution in [3.8, 4) is 0 Å². The Labute approximate surface area is 320 Å². The normalized spacial score (nSPS) is 28.3. The smallest absolute Gasteiger partial charge is 0.340 e. The second kappa shape index (κ2) is 19.6. The maximum Gasteiger partial charge on any atom is 0.340 e. The van der Waals surface area contributed by atoms with Crippen LogP contribution in [0.15, 0.2) is 46.0 Å². The van der Waals surface area contributed by atoms with Crippen LogP contribution in [0.25, 0.3) is 6.08 Å². The molecular formula is C41H59CoN2O8-. The van der Waals surface area contributed by atoms with E-state index in [4.69, 9.17) is 29.8 Å². The Morgan fingerprint density at radius 1 is 0.865 bits per heavy atom. The van der Waals surface area contributed by atoms with Crippen LogP contribution in [-0.4, -0.2) is 46.0 Å². The number of aryl methyl sites for hydroxylation is 1. The Balaban J connectivity index is 0.00000106. The van der Waals surface area contributed by atoms with Crippen molar-refractivity contribution in [1.29, 1.82) is 0 Å². The van der Waals surface area contributed by atoms with Crippen molar-refractivity contribution in [1.82, 2.24) is 4.98 Å². The number of ether oxygens (including phenoxy) is 2. The minimum Gasteiger partial charge on any atom is -0.660 e. The van der Waals surface area contributed by atoms with Crippen molar-refractivity contribution >= 4 is 29.5 Å². The summed E-state index contributed by atoms with van der Waals surface area (Å²) in [5.74, 6) is 1.74. The molecule has 2 N–H and O–H groups in total. The average Bonchev–Trinajstić information content (AvgIpc) is 3.48. The first-order valence-corrected chi connectivity index (χ1v) is 18.3. The Morgan fingerprint density at radius 3 is 1.77 bits per heavy atom. The first-order valence-electron chi connectivity index (χ1n) is 18.3. The number of aliphatic hydroxyl groups is 1. The summed E-state index contributed by atoms with van der Waals surface area (Å²) in [5.41, 5.74) is 4.70. The zero-order chi connectivity index (χ0) is 38.3. The van der Waals surface area contributed by atoms with Crippen molar-refractivity contribution in [2.24, 2.45) is 40.5 Å². The van der Waals surface area contributed by atoms with Crippen LogP contribution in [-0.2, 0) is 47.1 Å². The zero-order valence-corrected chi connectivity index (χ0v) is 33.8. The van der Waals surface area contributed by atoms with Gasteiger partial charge in [0, 0.05) is 34.8 Å². The largest absolute Gasteiger partial charge is 0.660 e.